The maximum Gasteiger partial charge on any atom is 0.419 e. The van der Waals surface area contributed by atoms with Crippen molar-refractivity contribution in [1.29, 1.82) is 0 Å². The highest BCUT2D eigenvalue weighted by molar-refractivity contribution is 6.42. The summed E-state index contributed by atoms with van der Waals surface area (Å²) in [5.41, 5.74) is 1.51. The van der Waals surface area contributed by atoms with Crippen LogP contribution in [0.1, 0.15) is 6.42 Å². The van der Waals surface area contributed by atoms with E-state index in [-0.39, 0.29) is 18.9 Å². The molecule has 24 heavy (non-hydrogen) atoms. The normalized spacial score (nSPS) is 11.0. The molecule has 0 unspecified atom stereocenters. The molecule has 0 saturated heterocycles. The predicted molar refractivity (Wildman–Crippen MR) is 95.2 cm³/mol. The van der Waals surface area contributed by atoms with Crippen LogP contribution >= 0.6 is 34.8 Å². The van der Waals surface area contributed by atoms with Crippen molar-refractivity contribution in [3.8, 4) is 0 Å². The molecule has 0 aliphatic heterocycles. The molecule has 124 valence electrons. The van der Waals surface area contributed by atoms with Crippen molar-refractivity contribution >= 4 is 57.5 Å². The Morgan fingerprint density at radius 1 is 1.08 bits per heavy atom. The molecule has 0 atom stereocenters. The second-order valence-corrected chi connectivity index (χ2v) is 6.31. The first-order valence-corrected chi connectivity index (χ1v) is 8.11. The van der Waals surface area contributed by atoms with E-state index in [1.165, 1.54) is 4.57 Å². The molecule has 3 aromatic rings. The van der Waals surface area contributed by atoms with Gasteiger partial charge in [0, 0.05) is 29.7 Å². The zero-order chi connectivity index (χ0) is 17.3. The second-order valence-electron chi connectivity index (χ2n) is 5.06. The number of fused-ring (bicyclic) bond motifs is 1. The van der Waals surface area contributed by atoms with E-state index in [0.717, 1.165) is 0 Å². The van der Waals surface area contributed by atoms with Crippen LogP contribution in [0.15, 0.2) is 45.6 Å². The minimum absolute atomic E-state index is 0.0947. The van der Waals surface area contributed by atoms with Crippen molar-refractivity contribution in [2.45, 2.75) is 13.0 Å². The first kappa shape index (κ1) is 16.9. The van der Waals surface area contributed by atoms with Gasteiger partial charge in [-0.1, -0.05) is 34.8 Å². The number of amides is 1. The Bertz CT molecular complexity index is 978. The minimum Gasteiger partial charge on any atom is -0.408 e. The van der Waals surface area contributed by atoms with Gasteiger partial charge < -0.3 is 9.73 Å². The van der Waals surface area contributed by atoms with E-state index < -0.39 is 5.76 Å². The zero-order valence-corrected chi connectivity index (χ0v) is 14.5. The van der Waals surface area contributed by atoms with Gasteiger partial charge in [-0.15, -0.1) is 0 Å². The van der Waals surface area contributed by atoms with Crippen LogP contribution < -0.4 is 11.1 Å². The van der Waals surface area contributed by atoms with Crippen LogP contribution in [0, 0.1) is 0 Å². The van der Waals surface area contributed by atoms with Gasteiger partial charge in [-0.05, 0) is 30.3 Å². The number of anilines is 1. The molecule has 0 fully saturated rings. The van der Waals surface area contributed by atoms with Gasteiger partial charge in [0.2, 0.25) is 5.91 Å². The standard InChI is InChI=1S/C16H11Cl3N2O3/c17-9-1-4-13-14(7-9)24-16(23)21(13)6-5-15(22)20-10-2-3-11(18)12(19)8-10/h1-4,7-8H,5-6H2,(H,20,22). The number of benzene rings is 2. The SMILES string of the molecule is O=C(CCn1c(=O)oc2cc(Cl)ccc21)Nc1ccc(Cl)c(Cl)c1. The van der Waals surface area contributed by atoms with Gasteiger partial charge >= 0.3 is 5.76 Å². The fourth-order valence-corrected chi connectivity index (χ4v) is 2.72. The largest absolute Gasteiger partial charge is 0.419 e. The highest BCUT2D eigenvalue weighted by atomic mass is 35.5. The predicted octanol–water partition coefficient (Wildman–Crippen LogP) is 4.58. The van der Waals surface area contributed by atoms with Crippen molar-refractivity contribution in [3.05, 3.63) is 62.0 Å². The molecule has 0 saturated carbocycles. The van der Waals surface area contributed by atoms with Crippen LogP contribution in [0.3, 0.4) is 0 Å². The fourth-order valence-electron chi connectivity index (χ4n) is 2.26. The quantitative estimate of drug-likeness (QED) is 0.715. The van der Waals surface area contributed by atoms with Crippen molar-refractivity contribution < 1.29 is 9.21 Å². The summed E-state index contributed by atoms with van der Waals surface area (Å²) in [6, 6.07) is 9.70. The molecule has 1 amide bonds. The number of halogens is 3. The van der Waals surface area contributed by atoms with Crippen molar-refractivity contribution in [3.63, 3.8) is 0 Å². The van der Waals surface area contributed by atoms with Gasteiger partial charge in [0.15, 0.2) is 5.58 Å². The lowest BCUT2D eigenvalue weighted by Crippen LogP contribution is -2.19. The Labute approximate surface area is 151 Å². The Morgan fingerprint density at radius 3 is 2.62 bits per heavy atom. The van der Waals surface area contributed by atoms with E-state index in [4.69, 9.17) is 39.2 Å². The van der Waals surface area contributed by atoms with E-state index in [1.54, 1.807) is 36.4 Å². The number of oxazole rings is 1. The molecule has 1 aromatic heterocycles. The van der Waals surface area contributed by atoms with Crippen LogP contribution in [0.5, 0.6) is 0 Å². The maximum atomic E-state index is 12.1. The van der Waals surface area contributed by atoms with Gasteiger partial charge in [0.25, 0.3) is 0 Å². The summed E-state index contributed by atoms with van der Waals surface area (Å²) in [6.07, 6.45) is 0.0947. The third kappa shape index (κ3) is 3.59. The topological polar surface area (TPSA) is 64.2 Å². The molecule has 3 rings (SSSR count). The van der Waals surface area contributed by atoms with Crippen LogP contribution in [0.2, 0.25) is 15.1 Å². The van der Waals surface area contributed by atoms with Crippen molar-refractivity contribution in [2.75, 3.05) is 5.32 Å². The number of nitrogens with one attached hydrogen (secondary N) is 1. The average Bonchev–Trinajstić information content (AvgIpc) is 2.83. The Kier molecular flexibility index (Phi) is 4.85. The summed E-state index contributed by atoms with van der Waals surface area (Å²) in [7, 11) is 0. The van der Waals surface area contributed by atoms with E-state index >= 15 is 0 Å². The third-order valence-electron chi connectivity index (χ3n) is 3.40. The number of aryl methyl sites for hydroxylation is 1. The monoisotopic (exact) mass is 384 g/mol. The smallest absolute Gasteiger partial charge is 0.408 e. The number of carbonyl (C=O) groups is 1. The summed E-state index contributed by atoms with van der Waals surface area (Å²) in [5, 5.41) is 3.93. The Balaban J connectivity index is 1.71. The first-order valence-electron chi connectivity index (χ1n) is 6.98. The van der Waals surface area contributed by atoms with Crippen molar-refractivity contribution in [2.24, 2.45) is 0 Å². The molecule has 1 heterocycles. The van der Waals surface area contributed by atoms with Gasteiger partial charge in [-0.2, -0.15) is 0 Å². The Hall–Kier alpha value is -1.95. The van der Waals surface area contributed by atoms with Crippen LogP contribution in [-0.2, 0) is 11.3 Å². The number of nitrogens with zero attached hydrogens (tertiary/aromatic N) is 1. The highest BCUT2D eigenvalue weighted by Gasteiger charge is 2.12. The van der Waals surface area contributed by atoms with Gasteiger partial charge in [0.1, 0.15) is 0 Å². The minimum atomic E-state index is -0.533. The van der Waals surface area contributed by atoms with E-state index in [0.29, 0.717) is 31.9 Å². The summed E-state index contributed by atoms with van der Waals surface area (Å²) in [6.45, 7) is 0.181. The lowest BCUT2D eigenvalue weighted by atomic mass is 10.3. The molecule has 0 aliphatic carbocycles. The van der Waals surface area contributed by atoms with Crippen LogP contribution in [0.25, 0.3) is 11.1 Å². The lowest BCUT2D eigenvalue weighted by Gasteiger charge is -2.07. The number of hydrogen-bond donors (Lipinski definition) is 1. The molecule has 0 spiro atoms. The van der Waals surface area contributed by atoms with Gasteiger partial charge in [-0.25, -0.2) is 4.79 Å². The van der Waals surface area contributed by atoms with Gasteiger partial charge in [-0.3, -0.25) is 9.36 Å². The molecule has 0 radical (unpaired) electrons. The average molecular weight is 386 g/mol. The van der Waals surface area contributed by atoms with Crippen molar-refractivity contribution in [1.82, 2.24) is 4.57 Å². The van der Waals surface area contributed by atoms with Crippen LogP contribution in [0.4, 0.5) is 5.69 Å². The number of aromatic nitrogens is 1. The summed E-state index contributed by atoms with van der Waals surface area (Å²) < 4.78 is 6.51. The third-order valence-corrected chi connectivity index (χ3v) is 4.37. The summed E-state index contributed by atoms with van der Waals surface area (Å²) in [4.78, 5) is 23.9. The van der Waals surface area contributed by atoms with E-state index in [1.807, 2.05) is 0 Å². The van der Waals surface area contributed by atoms with E-state index in [2.05, 4.69) is 5.32 Å². The lowest BCUT2D eigenvalue weighted by molar-refractivity contribution is -0.116. The summed E-state index contributed by atoms with van der Waals surface area (Å²) >= 11 is 17.6. The first-order chi connectivity index (χ1) is 11.4. The van der Waals surface area contributed by atoms with E-state index in [9.17, 15) is 9.59 Å². The summed E-state index contributed by atoms with van der Waals surface area (Å²) in [5.74, 6) is -0.793. The molecule has 2 aromatic carbocycles. The number of hydrogen-bond acceptors (Lipinski definition) is 3. The molecular weight excluding hydrogens is 375 g/mol. The molecule has 1 N–H and O–H groups in total. The Morgan fingerprint density at radius 2 is 1.88 bits per heavy atom. The van der Waals surface area contributed by atoms with Gasteiger partial charge in [0.05, 0.1) is 15.6 Å². The fraction of sp³-hybridized carbons (Fsp3) is 0.125. The maximum absolute atomic E-state index is 12.1. The number of carbonyl (C=O) groups excluding carboxylic acids is 1. The number of rotatable bonds is 4. The molecular formula is C16H11Cl3N2O3. The molecule has 5 nitrogen and oxygen atoms in total. The zero-order valence-electron chi connectivity index (χ0n) is 12.2. The highest BCUT2D eigenvalue weighted by Crippen LogP contribution is 2.25. The molecule has 0 aliphatic rings. The molecule has 8 heteroatoms. The van der Waals surface area contributed by atoms with Crippen LogP contribution in [-0.4, -0.2) is 10.5 Å². The molecule has 0 bridgehead atoms. The second kappa shape index (κ2) is 6.89.